The molecule has 0 spiro atoms. The highest BCUT2D eigenvalue weighted by atomic mass is 16.6. The number of hydrogen-bond acceptors (Lipinski definition) is 6. The highest BCUT2D eigenvalue weighted by Gasteiger charge is 2.33. The summed E-state index contributed by atoms with van der Waals surface area (Å²) in [7, 11) is 0. The predicted octanol–water partition coefficient (Wildman–Crippen LogP) is 2.06. The first-order chi connectivity index (χ1) is 11.7. The Bertz CT molecular complexity index is 758. The van der Waals surface area contributed by atoms with Gasteiger partial charge in [0.1, 0.15) is 13.2 Å². The van der Waals surface area contributed by atoms with E-state index in [-0.39, 0.29) is 11.9 Å². The molecule has 1 aromatic heterocycles. The lowest BCUT2D eigenvalue weighted by molar-refractivity contribution is -0.131. The summed E-state index contributed by atoms with van der Waals surface area (Å²) in [5.74, 6) is 2.63. The summed E-state index contributed by atoms with van der Waals surface area (Å²) in [6.45, 7) is 3.58. The van der Waals surface area contributed by atoms with Crippen LogP contribution < -0.4 is 9.47 Å². The van der Waals surface area contributed by atoms with E-state index in [4.69, 9.17) is 14.0 Å². The van der Waals surface area contributed by atoms with Crippen LogP contribution in [0.3, 0.4) is 0 Å². The Labute approximate surface area is 139 Å². The molecular formula is C17H19N3O4. The number of rotatable bonds is 3. The molecule has 1 atom stereocenters. The van der Waals surface area contributed by atoms with Gasteiger partial charge in [0.2, 0.25) is 11.8 Å². The van der Waals surface area contributed by atoms with Crippen molar-refractivity contribution in [1.29, 1.82) is 0 Å². The first-order valence-corrected chi connectivity index (χ1v) is 8.19. The van der Waals surface area contributed by atoms with Crippen LogP contribution in [0, 0.1) is 6.92 Å². The van der Waals surface area contributed by atoms with Gasteiger partial charge in [-0.15, -0.1) is 0 Å². The lowest BCUT2D eigenvalue weighted by atomic mass is 10.1. The lowest BCUT2D eigenvalue weighted by Gasteiger charge is -2.23. The van der Waals surface area contributed by atoms with Crippen LogP contribution in [-0.2, 0) is 11.2 Å². The standard InChI is InChI=1S/C17H19N3O4/c1-11-18-17(19-24-11)13-3-2-6-20(13)16(21)10-12-4-5-14-15(9-12)23-8-7-22-14/h4-5,9,13H,2-3,6-8,10H2,1H3/t13-/m1/s1. The van der Waals surface area contributed by atoms with Crippen molar-refractivity contribution in [3.63, 3.8) is 0 Å². The molecule has 0 N–H and O–H groups in total. The number of carbonyl (C=O) groups is 1. The quantitative estimate of drug-likeness (QED) is 0.858. The maximum absolute atomic E-state index is 12.7. The Hall–Kier alpha value is -2.57. The molecule has 7 heteroatoms. The normalized spacial score (nSPS) is 19.5. The van der Waals surface area contributed by atoms with Crippen LogP contribution in [0.25, 0.3) is 0 Å². The van der Waals surface area contributed by atoms with Gasteiger partial charge in [-0.1, -0.05) is 11.2 Å². The Morgan fingerprint density at radius 3 is 2.92 bits per heavy atom. The molecule has 126 valence electrons. The van der Waals surface area contributed by atoms with Gasteiger partial charge >= 0.3 is 0 Å². The minimum atomic E-state index is -0.0906. The summed E-state index contributed by atoms with van der Waals surface area (Å²) < 4.78 is 16.2. The number of nitrogens with zero attached hydrogens (tertiary/aromatic N) is 3. The maximum Gasteiger partial charge on any atom is 0.227 e. The molecule has 3 heterocycles. The van der Waals surface area contributed by atoms with Crippen LogP contribution in [0.5, 0.6) is 11.5 Å². The van der Waals surface area contributed by atoms with E-state index < -0.39 is 0 Å². The van der Waals surface area contributed by atoms with Crippen molar-refractivity contribution >= 4 is 5.91 Å². The van der Waals surface area contributed by atoms with E-state index in [2.05, 4.69) is 10.1 Å². The summed E-state index contributed by atoms with van der Waals surface area (Å²) in [4.78, 5) is 18.9. The van der Waals surface area contributed by atoms with E-state index in [1.165, 1.54) is 0 Å². The van der Waals surface area contributed by atoms with Gasteiger partial charge in [0.25, 0.3) is 0 Å². The third-order valence-corrected chi connectivity index (χ3v) is 4.38. The number of hydrogen-bond donors (Lipinski definition) is 0. The topological polar surface area (TPSA) is 77.7 Å². The Kier molecular flexibility index (Phi) is 3.84. The molecule has 0 radical (unpaired) electrons. The van der Waals surface area contributed by atoms with Crippen LogP contribution in [0.15, 0.2) is 22.7 Å². The largest absolute Gasteiger partial charge is 0.486 e. The molecule has 0 aliphatic carbocycles. The number of benzene rings is 1. The van der Waals surface area contributed by atoms with Gasteiger partial charge in [0.15, 0.2) is 17.3 Å². The van der Waals surface area contributed by atoms with Gasteiger partial charge in [-0.3, -0.25) is 4.79 Å². The summed E-state index contributed by atoms with van der Waals surface area (Å²) in [5.41, 5.74) is 0.916. The zero-order valence-electron chi connectivity index (χ0n) is 13.5. The molecule has 4 rings (SSSR count). The number of aryl methyl sites for hydroxylation is 1. The lowest BCUT2D eigenvalue weighted by Crippen LogP contribution is -2.32. The van der Waals surface area contributed by atoms with Crippen molar-refractivity contribution in [2.24, 2.45) is 0 Å². The summed E-state index contributed by atoms with van der Waals surface area (Å²) in [6.07, 6.45) is 2.14. The maximum atomic E-state index is 12.7. The number of ether oxygens (including phenoxy) is 2. The summed E-state index contributed by atoms with van der Waals surface area (Å²) in [6, 6.07) is 5.57. The fourth-order valence-electron chi connectivity index (χ4n) is 3.26. The van der Waals surface area contributed by atoms with Crippen LogP contribution in [0.4, 0.5) is 0 Å². The predicted molar refractivity (Wildman–Crippen MR) is 83.9 cm³/mol. The molecule has 0 saturated carbocycles. The second kappa shape index (κ2) is 6.14. The van der Waals surface area contributed by atoms with Crippen molar-refractivity contribution in [2.75, 3.05) is 19.8 Å². The smallest absolute Gasteiger partial charge is 0.227 e. The Morgan fingerprint density at radius 1 is 1.29 bits per heavy atom. The Morgan fingerprint density at radius 2 is 2.12 bits per heavy atom. The van der Waals surface area contributed by atoms with Crippen molar-refractivity contribution in [2.45, 2.75) is 32.2 Å². The average molecular weight is 329 g/mol. The zero-order chi connectivity index (χ0) is 16.5. The molecule has 24 heavy (non-hydrogen) atoms. The number of amides is 1. The fraction of sp³-hybridized carbons (Fsp3) is 0.471. The van der Waals surface area contributed by atoms with E-state index in [9.17, 15) is 4.79 Å². The summed E-state index contributed by atoms with van der Waals surface area (Å²) >= 11 is 0. The number of carbonyl (C=O) groups excluding carboxylic acids is 1. The third kappa shape index (κ3) is 2.81. The van der Waals surface area contributed by atoms with Crippen LogP contribution >= 0.6 is 0 Å². The molecule has 2 aromatic rings. The van der Waals surface area contributed by atoms with Crippen molar-refractivity contribution < 1.29 is 18.8 Å². The molecule has 0 bridgehead atoms. The minimum absolute atomic E-state index is 0.0663. The van der Waals surface area contributed by atoms with E-state index in [0.717, 1.165) is 30.7 Å². The first kappa shape index (κ1) is 15.0. The van der Waals surface area contributed by atoms with E-state index in [1.807, 2.05) is 23.1 Å². The molecule has 1 fully saturated rings. The van der Waals surface area contributed by atoms with E-state index in [1.54, 1.807) is 6.92 Å². The molecule has 2 aliphatic rings. The van der Waals surface area contributed by atoms with Gasteiger partial charge in [-0.05, 0) is 30.5 Å². The monoisotopic (exact) mass is 329 g/mol. The zero-order valence-corrected chi connectivity index (χ0v) is 13.5. The van der Waals surface area contributed by atoms with Crippen LogP contribution in [-0.4, -0.2) is 40.7 Å². The third-order valence-electron chi connectivity index (χ3n) is 4.38. The highest BCUT2D eigenvalue weighted by Crippen LogP contribution is 2.33. The molecule has 0 unspecified atom stereocenters. The second-order valence-corrected chi connectivity index (χ2v) is 6.07. The molecule has 1 aromatic carbocycles. The van der Waals surface area contributed by atoms with Crippen molar-refractivity contribution in [3.8, 4) is 11.5 Å². The van der Waals surface area contributed by atoms with E-state index >= 15 is 0 Å². The highest BCUT2D eigenvalue weighted by molar-refractivity contribution is 5.79. The Balaban J connectivity index is 1.49. The number of fused-ring (bicyclic) bond motifs is 1. The molecular weight excluding hydrogens is 310 g/mol. The minimum Gasteiger partial charge on any atom is -0.486 e. The van der Waals surface area contributed by atoms with Gasteiger partial charge < -0.3 is 18.9 Å². The van der Waals surface area contributed by atoms with Crippen molar-refractivity contribution in [3.05, 3.63) is 35.5 Å². The van der Waals surface area contributed by atoms with Gasteiger partial charge in [0.05, 0.1) is 12.5 Å². The molecule has 7 nitrogen and oxygen atoms in total. The molecule has 1 amide bonds. The summed E-state index contributed by atoms with van der Waals surface area (Å²) in [5, 5.41) is 3.98. The fourth-order valence-corrected chi connectivity index (χ4v) is 3.26. The van der Waals surface area contributed by atoms with Gasteiger partial charge in [-0.25, -0.2) is 0 Å². The van der Waals surface area contributed by atoms with Gasteiger partial charge in [-0.2, -0.15) is 4.98 Å². The molecule has 2 aliphatic heterocycles. The second-order valence-electron chi connectivity index (χ2n) is 6.07. The number of likely N-dealkylation sites (tertiary alicyclic amines) is 1. The first-order valence-electron chi connectivity index (χ1n) is 8.19. The average Bonchev–Trinajstić information content (AvgIpc) is 3.23. The number of aromatic nitrogens is 2. The van der Waals surface area contributed by atoms with Crippen molar-refractivity contribution in [1.82, 2.24) is 15.0 Å². The SMILES string of the molecule is Cc1nc([C@H]2CCCN2C(=O)Cc2ccc3c(c2)OCCO3)no1. The van der Waals surface area contributed by atoms with Gasteiger partial charge in [0, 0.05) is 13.5 Å². The van der Waals surface area contributed by atoms with Crippen LogP contribution in [0.1, 0.15) is 36.2 Å². The molecule has 1 saturated heterocycles. The van der Waals surface area contributed by atoms with Crippen LogP contribution in [0.2, 0.25) is 0 Å². The van der Waals surface area contributed by atoms with E-state index in [0.29, 0.717) is 37.1 Å².